The Labute approximate surface area is 144 Å². The second-order valence-corrected chi connectivity index (χ2v) is 8.86. The summed E-state index contributed by atoms with van der Waals surface area (Å²) >= 11 is 0. The number of ether oxygens (including phenoxy) is 1. The minimum atomic E-state index is -3.45. The molecule has 2 rings (SSSR count). The molecule has 0 aliphatic heterocycles. The van der Waals surface area contributed by atoms with E-state index in [0.29, 0.717) is 37.3 Å². The van der Waals surface area contributed by atoms with E-state index in [1.165, 1.54) is 0 Å². The second kappa shape index (κ2) is 7.82. The monoisotopic (exact) mass is 356 g/mol. The van der Waals surface area contributed by atoms with Gasteiger partial charge in [-0.05, 0) is 44.4 Å². The van der Waals surface area contributed by atoms with Crippen LogP contribution >= 0.6 is 0 Å². The molecule has 1 aliphatic rings. The zero-order valence-corrected chi connectivity index (χ0v) is 15.2. The number of nitrogens with one attached hydrogen (secondary N) is 1. The van der Waals surface area contributed by atoms with E-state index in [2.05, 4.69) is 4.72 Å². The molecular weight excluding hydrogens is 328 g/mol. The standard InChI is InChI=1S/C17H28N2O4S/c1-13(2)24(21,22)19-16-5-3-4-10-17(16,20)14-6-8-15(9-7-14)23-12-11-18/h6-9,13,16,19-20H,3-5,10-12,18H2,1-2H3. The van der Waals surface area contributed by atoms with Gasteiger partial charge in [0.2, 0.25) is 10.0 Å². The number of sulfonamides is 1. The van der Waals surface area contributed by atoms with Gasteiger partial charge in [-0.1, -0.05) is 25.0 Å². The number of aliphatic hydroxyl groups is 1. The summed E-state index contributed by atoms with van der Waals surface area (Å²) in [5.41, 5.74) is 4.92. The van der Waals surface area contributed by atoms with Gasteiger partial charge >= 0.3 is 0 Å². The molecule has 136 valence electrons. The van der Waals surface area contributed by atoms with Crippen LogP contribution in [0.25, 0.3) is 0 Å². The number of nitrogens with two attached hydrogens (primary N) is 1. The molecule has 2 atom stereocenters. The topological polar surface area (TPSA) is 102 Å². The van der Waals surface area contributed by atoms with Crippen LogP contribution in [0.15, 0.2) is 24.3 Å². The van der Waals surface area contributed by atoms with E-state index in [1.807, 2.05) is 0 Å². The fraction of sp³-hybridized carbons (Fsp3) is 0.647. The van der Waals surface area contributed by atoms with Crippen LogP contribution in [0.4, 0.5) is 0 Å². The highest BCUT2D eigenvalue weighted by Gasteiger charge is 2.42. The lowest BCUT2D eigenvalue weighted by Crippen LogP contribution is -2.53. The summed E-state index contributed by atoms with van der Waals surface area (Å²) in [4.78, 5) is 0. The highest BCUT2D eigenvalue weighted by Crippen LogP contribution is 2.38. The zero-order valence-electron chi connectivity index (χ0n) is 14.4. The molecule has 1 aromatic carbocycles. The van der Waals surface area contributed by atoms with Crippen LogP contribution < -0.4 is 15.2 Å². The first-order valence-electron chi connectivity index (χ1n) is 8.46. The molecule has 0 radical (unpaired) electrons. The molecule has 6 nitrogen and oxygen atoms in total. The van der Waals surface area contributed by atoms with Crippen molar-refractivity contribution in [3.63, 3.8) is 0 Å². The van der Waals surface area contributed by atoms with E-state index < -0.39 is 26.9 Å². The number of benzene rings is 1. The van der Waals surface area contributed by atoms with Crippen molar-refractivity contribution >= 4 is 10.0 Å². The molecule has 2 unspecified atom stereocenters. The first-order chi connectivity index (χ1) is 11.3. The number of rotatable bonds is 7. The highest BCUT2D eigenvalue weighted by molar-refractivity contribution is 7.90. The maximum atomic E-state index is 12.2. The van der Waals surface area contributed by atoms with E-state index in [4.69, 9.17) is 10.5 Å². The molecule has 4 N–H and O–H groups in total. The van der Waals surface area contributed by atoms with Crippen LogP contribution in [0.5, 0.6) is 5.75 Å². The fourth-order valence-electron chi connectivity index (χ4n) is 3.01. The van der Waals surface area contributed by atoms with Gasteiger partial charge in [-0.25, -0.2) is 13.1 Å². The fourth-order valence-corrected chi connectivity index (χ4v) is 3.99. The summed E-state index contributed by atoms with van der Waals surface area (Å²) in [5, 5.41) is 10.7. The minimum absolute atomic E-state index is 0.431. The summed E-state index contributed by atoms with van der Waals surface area (Å²) in [6.07, 6.45) is 2.91. The molecule has 0 aromatic heterocycles. The Kier molecular flexibility index (Phi) is 6.25. The predicted octanol–water partition coefficient (Wildman–Crippen LogP) is 1.48. The second-order valence-electron chi connectivity index (χ2n) is 6.60. The van der Waals surface area contributed by atoms with Gasteiger partial charge < -0.3 is 15.6 Å². The molecule has 24 heavy (non-hydrogen) atoms. The Hall–Kier alpha value is -1.15. The molecule has 1 fully saturated rings. The van der Waals surface area contributed by atoms with Gasteiger partial charge in [0.1, 0.15) is 18.0 Å². The average molecular weight is 356 g/mol. The maximum absolute atomic E-state index is 12.2. The van der Waals surface area contributed by atoms with Crippen molar-refractivity contribution in [3.8, 4) is 5.75 Å². The lowest BCUT2D eigenvalue weighted by molar-refractivity contribution is -0.0250. The van der Waals surface area contributed by atoms with Crippen LogP contribution in [0, 0.1) is 0 Å². The molecule has 1 aliphatic carbocycles. The Morgan fingerprint density at radius 2 is 2.00 bits per heavy atom. The third kappa shape index (κ3) is 4.27. The van der Waals surface area contributed by atoms with Crippen LogP contribution in [-0.4, -0.2) is 38.0 Å². The molecule has 0 spiro atoms. The van der Waals surface area contributed by atoms with Crippen molar-refractivity contribution in [1.29, 1.82) is 0 Å². The van der Waals surface area contributed by atoms with Gasteiger partial charge in [0.05, 0.1) is 11.3 Å². The summed E-state index contributed by atoms with van der Waals surface area (Å²) in [6.45, 7) is 4.13. The molecule has 0 bridgehead atoms. The molecule has 1 aromatic rings. The van der Waals surface area contributed by atoms with E-state index in [1.54, 1.807) is 38.1 Å². The summed E-state index contributed by atoms with van der Waals surface area (Å²) in [7, 11) is -3.45. The van der Waals surface area contributed by atoms with Crippen molar-refractivity contribution in [3.05, 3.63) is 29.8 Å². The van der Waals surface area contributed by atoms with E-state index in [9.17, 15) is 13.5 Å². The predicted molar refractivity (Wildman–Crippen MR) is 94.3 cm³/mol. The van der Waals surface area contributed by atoms with E-state index in [-0.39, 0.29) is 0 Å². The summed E-state index contributed by atoms with van der Waals surface area (Å²) < 4.78 is 32.6. The SMILES string of the molecule is CC(C)S(=O)(=O)NC1CCCCC1(O)c1ccc(OCCN)cc1. The Bertz CT molecular complexity index is 630. The van der Waals surface area contributed by atoms with Gasteiger partial charge in [0.25, 0.3) is 0 Å². The van der Waals surface area contributed by atoms with Crippen LogP contribution in [0.2, 0.25) is 0 Å². The molecule has 0 amide bonds. The molecule has 0 heterocycles. The quantitative estimate of drug-likeness (QED) is 0.687. The first-order valence-corrected chi connectivity index (χ1v) is 10.0. The van der Waals surface area contributed by atoms with Crippen LogP contribution in [0.1, 0.15) is 45.1 Å². The molecular formula is C17H28N2O4S. The molecule has 7 heteroatoms. The molecule has 1 saturated carbocycles. The molecule has 0 saturated heterocycles. The zero-order chi connectivity index (χ0) is 17.8. The van der Waals surface area contributed by atoms with Crippen molar-refractivity contribution < 1.29 is 18.3 Å². The minimum Gasteiger partial charge on any atom is -0.492 e. The Balaban J connectivity index is 2.23. The largest absolute Gasteiger partial charge is 0.492 e. The smallest absolute Gasteiger partial charge is 0.214 e. The maximum Gasteiger partial charge on any atom is 0.214 e. The summed E-state index contributed by atoms with van der Waals surface area (Å²) in [6, 6.07) is 6.65. The highest BCUT2D eigenvalue weighted by atomic mass is 32.2. The third-order valence-corrected chi connectivity index (χ3v) is 6.40. The first kappa shape index (κ1) is 19.2. The van der Waals surface area contributed by atoms with Crippen molar-refractivity contribution in [2.24, 2.45) is 5.73 Å². The Morgan fingerprint density at radius 1 is 1.33 bits per heavy atom. The number of hydrogen-bond acceptors (Lipinski definition) is 5. The van der Waals surface area contributed by atoms with Gasteiger partial charge in [-0.15, -0.1) is 0 Å². The van der Waals surface area contributed by atoms with Crippen molar-refractivity contribution in [1.82, 2.24) is 4.72 Å². The van der Waals surface area contributed by atoms with Crippen LogP contribution in [-0.2, 0) is 15.6 Å². The number of hydrogen-bond donors (Lipinski definition) is 3. The van der Waals surface area contributed by atoms with E-state index in [0.717, 1.165) is 12.8 Å². The van der Waals surface area contributed by atoms with Gasteiger partial charge in [-0.3, -0.25) is 0 Å². The summed E-state index contributed by atoms with van der Waals surface area (Å²) in [5.74, 6) is 0.683. The van der Waals surface area contributed by atoms with Crippen LogP contribution in [0.3, 0.4) is 0 Å². The van der Waals surface area contributed by atoms with Crippen molar-refractivity contribution in [2.45, 2.75) is 56.4 Å². The van der Waals surface area contributed by atoms with Gasteiger partial charge in [0, 0.05) is 6.54 Å². The van der Waals surface area contributed by atoms with E-state index >= 15 is 0 Å². The Morgan fingerprint density at radius 3 is 2.58 bits per heavy atom. The van der Waals surface area contributed by atoms with Gasteiger partial charge in [-0.2, -0.15) is 0 Å². The third-order valence-electron chi connectivity index (χ3n) is 4.55. The normalized spacial score (nSPS) is 25.0. The lowest BCUT2D eigenvalue weighted by atomic mass is 9.76. The average Bonchev–Trinajstić information content (AvgIpc) is 2.55. The lowest BCUT2D eigenvalue weighted by Gasteiger charge is -2.41. The van der Waals surface area contributed by atoms with Gasteiger partial charge in [0.15, 0.2) is 0 Å². The van der Waals surface area contributed by atoms with Crippen molar-refractivity contribution in [2.75, 3.05) is 13.2 Å².